The molecule has 1 saturated carbocycles. The fraction of sp³-hybridized carbons (Fsp3) is 0.538. The molecule has 2 atom stereocenters. The van der Waals surface area contributed by atoms with E-state index in [0.29, 0.717) is 24.2 Å². The third-order valence-electron chi connectivity index (χ3n) is 3.66. The molecule has 18 heavy (non-hydrogen) atoms. The van der Waals surface area contributed by atoms with Gasteiger partial charge in [-0.1, -0.05) is 12.1 Å². The van der Waals surface area contributed by atoms with E-state index in [9.17, 15) is 13.5 Å². The van der Waals surface area contributed by atoms with Gasteiger partial charge in [0.05, 0.1) is 12.4 Å². The number of rotatable bonds is 3. The molecule has 1 fully saturated rings. The molecule has 1 N–H and O–H groups in total. The largest absolute Gasteiger partial charge is 0.497 e. The molecule has 0 spiro atoms. The maximum atomic E-state index is 11.8. The van der Waals surface area contributed by atoms with Crippen molar-refractivity contribution in [3.8, 4) is 5.75 Å². The van der Waals surface area contributed by atoms with Gasteiger partial charge in [0.1, 0.15) is 11.4 Å². The van der Waals surface area contributed by atoms with Crippen LogP contribution in [0.5, 0.6) is 5.75 Å². The van der Waals surface area contributed by atoms with Gasteiger partial charge in [-0.3, -0.25) is 0 Å². The van der Waals surface area contributed by atoms with Crippen molar-refractivity contribution in [1.82, 2.24) is 0 Å². The van der Waals surface area contributed by atoms with E-state index in [-0.39, 0.29) is 0 Å². The fourth-order valence-electron chi connectivity index (χ4n) is 2.73. The molecule has 1 aromatic rings. The van der Waals surface area contributed by atoms with Crippen LogP contribution in [0.15, 0.2) is 24.3 Å². The number of aliphatic hydroxyl groups is 1. The van der Waals surface area contributed by atoms with Crippen LogP contribution in [-0.4, -0.2) is 32.1 Å². The zero-order chi connectivity index (χ0) is 13.4. The second-order valence-electron chi connectivity index (χ2n) is 4.86. The van der Waals surface area contributed by atoms with Gasteiger partial charge in [0, 0.05) is 6.26 Å². The van der Waals surface area contributed by atoms with Gasteiger partial charge < -0.3 is 9.84 Å². The summed E-state index contributed by atoms with van der Waals surface area (Å²) in [7, 11) is -1.69. The summed E-state index contributed by atoms with van der Waals surface area (Å²) in [5, 5.41) is 9.99. The monoisotopic (exact) mass is 270 g/mol. The first-order valence-corrected chi connectivity index (χ1v) is 7.89. The predicted octanol–water partition coefficient (Wildman–Crippen LogP) is 1.48. The molecular formula is C13H18O4S. The van der Waals surface area contributed by atoms with E-state index in [4.69, 9.17) is 4.74 Å². The average Bonchev–Trinajstić information content (AvgIpc) is 2.72. The highest BCUT2D eigenvalue weighted by Crippen LogP contribution is 2.42. The quantitative estimate of drug-likeness (QED) is 0.903. The molecule has 100 valence electrons. The zero-order valence-electron chi connectivity index (χ0n) is 10.6. The van der Waals surface area contributed by atoms with Crippen molar-refractivity contribution in [2.24, 2.45) is 0 Å². The van der Waals surface area contributed by atoms with Gasteiger partial charge >= 0.3 is 0 Å². The van der Waals surface area contributed by atoms with Gasteiger partial charge in [-0.05, 0) is 37.0 Å². The van der Waals surface area contributed by atoms with E-state index in [1.807, 2.05) is 0 Å². The Morgan fingerprint density at radius 2 is 1.94 bits per heavy atom. The average molecular weight is 270 g/mol. The Morgan fingerprint density at radius 1 is 1.33 bits per heavy atom. The van der Waals surface area contributed by atoms with Crippen LogP contribution in [0.4, 0.5) is 0 Å². The minimum absolute atomic E-state index is 0.483. The van der Waals surface area contributed by atoms with E-state index >= 15 is 0 Å². The Morgan fingerprint density at radius 3 is 2.44 bits per heavy atom. The molecule has 1 aliphatic rings. The van der Waals surface area contributed by atoms with Crippen molar-refractivity contribution in [3.05, 3.63) is 29.8 Å². The van der Waals surface area contributed by atoms with Crippen molar-refractivity contribution >= 4 is 9.84 Å². The van der Waals surface area contributed by atoms with Crippen LogP contribution < -0.4 is 4.74 Å². The van der Waals surface area contributed by atoms with Gasteiger partial charge in [0.15, 0.2) is 9.84 Å². The highest BCUT2D eigenvalue weighted by Gasteiger charge is 2.47. The van der Waals surface area contributed by atoms with Crippen LogP contribution in [0.1, 0.15) is 24.8 Å². The summed E-state index contributed by atoms with van der Waals surface area (Å²) in [5.74, 6) is 0.691. The van der Waals surface area contributed by atoms with E-state index in [1.165, 1.54) is 6.26 Å². The van der Waals surface area contributed by atoms with Crippen molar-refractivity contribution in [2.75, 3.05) is 13.4 Å². The first-order valence-electron chi connectivity index (χ1n) is 5.94. The van der Waals surface area contributed by atoms with Crippen molar-refractivity contribution in [2.45, 2.75) is 30.1 Å². The van der Waals surface area contributed by atoms with Gasteiger partial charge in [-0.25, -0.2) is 8.42 Å². The third-order valence-corrected chi connectivity index (χ3v) is 5.32. The topological polar surface area (TPSA) is 63.6 Å². The molecule has 2 unspecified atom stereocenters. The molecule has 2 rings (SSSR count). The Hall–Kier alpha value is -1.07. The van der Waals surface area contributed by atoms with Crippen LogP contribution in [0, 0.1) is 0 Å². The van der Waals surface area contributed by atoms with Crippen LogP contribution in [-0.2, 0) is 15.4 Å². The predicted molar refractivity (Wildman–Crippen MR) is 69.4 cm³/mol. The summed E-state index contributed by atoms with van der Waals surface area (Å²) >= 11 is 0. The van der Waals surface area contributed by atoms with Crippen LogP contribution in [0.3, 0.4) is 0 Å². The fourth-order valence-corrected chi connectivity index (χ4v) is 4.29. The number of sulfone groups is 1. The Labute approximate surface area is 108 Å². The SMILES string of the molecule is COc1ccc(C2(O)CCCC2S(C)(=O)=O)cc1. The second kappa shape index (κ2) is 4.55. The lowest BCUT2D eigenvalue weighted by Gasteiger charge is -2.29. The van der Waals surface area contributed by atoms with Crippen molar-refractivity contribution < 1.29 is 18.3 Å². The second-order valence-corrected chi connectivity index (χ2v) is 7.09. The molecule has 0 amide bonds. The molecule has 5 heteroatoms. The summed E-state index contributed by atoms with van der Waals surface area (Å²) in [5.41, 5.74) is -0.615. The van der Waals surface area contributed by atoms with Gasteiger partial charge in [0.2, 0.25) is 0 Å². The first-order chi connectivity index (χ1) is 8.38. The molecule has 0 heterocycles. The van der Waals surface area contributed by atoms with E-state index in [2.05, 4.69) is 0 Å². The molecule has 0 aromatic heterocycles. The summed E-state index contributed by atoms with van der Waals surface area (Å²) in [6, 6.07) is 6.96. The molecule has 1 aromatic carbocycles. The molecule has 1 aliphatic carbocycles. The van der Waals surface area contributed by atoms with E-state index in [1.54, 1.807) is 31.4 Å². The highest BCUT2D eigenvalue weighted by molar-refractivity contribution is 7.91. The summed E-state index contributed by atoms with van der Waals surface area (Å²) < 4.78 is 28.6. The van der Waals surface area contributed by atoms with E-state index < -0.39 is 20.7 Å². The number of methoxy groups -OCH3 is 1. The summed E-state index contributed by atoms with van der Waals surface area (Å²) in [6.45, 7) is 0. The van der Waals surface area contributed by atoms with E-state index in [0.717, 1.165) is 6.42 Å². The minimum atomic E-state index is -3.26. The third kappa shape index (κ3) is 2.24. The number of hydrogen-bond acceptors (Lipinski definition) is 4. The summed E-state index contributed by atoms with van der Waals surface area (Å²) in [6.07, 6.45) is 2.91. The lowest BCUT2D eigenvalue weighted by atomic mass is 9.92. The molecule has 4 nitrogen and oxygen atoms in total. The first kappa shape index (κ1) is 13.4. The zero-order valence-corrected chi connectivity index (χ0v) is 11.4. The van der Waals surface area contributed by atoms with Crippen LogP contribution in [0.2, 0.25) is 0 Å². The molecule has 0 bridgehead atoms. The molecule has 0 aliphatic heterocycles. The lowest BCUT2D eigenvalue weighted by molar-refractivity contribution is 0.0476. The minimum Gasteiger partial charge on any atom is -0.497 e. The van der Waals surface area contributed by atoms with Crippen LogP contribution in [0.25, 0.3) is 0 Å². The lowest BCUT2D eigenvalue weighted by Crippen LogP contribution is -2.39. The van der Waals surface area contributed by atoms with Gasteiger partial charge in [0.25, 0.3) is 0 Å². The molecule has 0 radical (unpaired) electrons. The van der Waals surface area contributed by atoms with Gasteiger partial charge in [-0.15, -0.1) is 0 Å². The maximum absolute atomic E-state index is 11.8. The standard InChI is InChI=1S/C13H18O4S/c1-17-11-7-5-10(6-8-11)13(14)9-3-4-12(13)18(2,15)16/h5-8,12,14H,3-4,9H2,1-2H3. The maximum Gasteiger partial charge on any atom is 0.153 e. The smallest absolute Gasteiger partial charge is 0.153 e. The number of benzene rings is 1. The molecular weight excluding hydrogens is 252 g/mol. The van der Waals surface area contributed by atoms with Crippen molar-refractivity contribution in [3.63, 3.8) is 0 Å². The Bertz CT molecular complexity index is 520. The number of ether oxygens (including phenoxy) is 1. The van der Waals surface area contributed by atoms with Crippen LogP contribution >= 0.6 is 0 Å². The Balaban J connectivity index is 2.40. The molecule has 0 saturated heterocycles. The highest BCUT2D eigenvalue weighted by atomic mass is 32.2. The van der Waals surface area contributed by atoms with Gasteiger partial charge in [-0.2, -0.15) is 0 Å². The van der Waals surface area contributed by atoms with Crippen molar-refractivity contribution in [1.29, 1.82) is 0 Å². The number of hydrogen-bond donors (Lipinski definition) is 1. The summed E-state index contributed by atoms with van der Waals surface area (Å²) in [4.78, 5) is 0. The Kier molecular flexibility index (Phi) is 3.38. The normalized spacial score (nSPS) is 28.3.